The van der Waals surface area contributed by atoms with Gasteiger partial charge in [0, 0.05) is 35.0 Å². The number of para-hydroxylation sites is 1. The third kappa shape index (κ3) is 1.93. The van der Waals surface area contributed by atoms with E-state index in [1.807, 2.05) is 56.6 Å². The molecule has 0 saturated carbocycles. The number of anilines is 1. The molecule has 0 amide bonds. The minimum Gasteiger partial charge on any atom is -0.363 e. The van der Waals surface area contributed by atoms with Crippen molar-refractivity contribution in [2.45, 2.75) is 24.5 Å². The number of carbonyl (C=O) groups excluding carboxylic acids is 2. The molecular weight excluding hydrogens is 324 g/mol. The molecule has 4 nitrogen and oxygen atoms in total. The molecule has 4 aliphatic rings. The molecule has 2 aliphatic heterocycles. The van der Waals surface area contributed by atoms with Crippen molar-refractivity contribution >= 4 is 17.3 Å². The lowest BCUT2D eigenvalue weighted by Gasteiger charge is -2.45. The molecule has 0 N–H and O–H groups in total. The summed E-state index contributed by atoms with van der Waals surface area (Å²) in [6.45, 7) is 0. The van der Waals surface area contributed by atoms with E-state index in [0.717, 1.165) is 34.4 Å². The molecule has 3 unspecified atom stereocenters. The first kappa shape index (κ1) is 15.5. The highest BCUT2D eigenvalue weighted by molar-refractivity contribution is 6.18. The van der Waals surface area contributed by atoms with E-state index < -0.39 is 0 Å². The Balaban J connectivity index is 1.66. The van der Waals surface area contributed by atoms with E-state index in [9.17, 15) is 9.59 Å². The SMILES string of the molecule is CN1c2ccccc2C(=O)C2=CC3C(=CC21)C(=O)C1=CCC=CC1N3C. The first-order valence-electron chi connectivity index (χ1n) is 9.01. The van der Waals surface area contributed by atoms with Gasteiger partial charge in [0.15, 0.2) is 11.6 Å². The quantitative estimate of drug-likeness (QED) is 0.679. The largest absolute Gasteiger partial charge is 0.363 e. The maximum absolute atomic E-state index is 13.1. The monoisotopic (exact) mass is 344 g/mol. The summed E-state index contributed by atoms with van der Waals surface area (Å²) in [6.07, 6.45) is 11.0. The van der Waals surface area contributed by atoms with E-state index >= 15 is 0 Å². The highest BCUT2D eigenvalue weighted by atomic mass is 16.1. The average Bonchev–Trinajstić information content (AvgIpc) is 2.69. The van der Waals surface area contributed by atoms with Crippen LogP contribution in [0.4, 0.5) is 5.69 Å². The fourth-order valence-electron chi connectivity index (χ4n) is 4.62. The van der Waals surface area contributed by atoms with Crippen LogP contribution in [-0.2, 0) is 4.79 Å². The molecule has 1 aromatic rings. The van der Waals surface area contributed by atoms with Crippen molar-refractivity contribution in [1.82, 2.24) is 4.90 Å². The van der Waals surface area contributed by atoms with Crippen molar-refractivity contribution in [3.63, 3.8) is 0 Å². The molecule has 2 aliphatic carbocycles. The first-order valence-corrected chi connectivity index (χ1v) is 9.01. The van der Waals surface area contributed by atoms with E-state index in [-0.39, 0.29) is 29.7 Å². The smallest absolute Gasteiger partial charge is 0.193 e. The van der Waals surface area contributed by atoms with E-state index in [2.05, 4.69) is 22.0 Å². The molecule has 3 atom stereocenters. The van der Waals surface area contributed by atoms with Crippen LogP contribution in [0.25, 0.3) is 0 Å². The number of likely N-dealkylation sites (N-methyl/N-ethyl adjacent to an activating group) is 2. The molecule has 26 heavy (non-hydrogen) atoms. The van der Waals surface area contributed by atoms with Gasteiger partial charge in [-0.1, -0.05) is 36.4 Å². The summed E-state index contributed by atoms with van der Waals surface area (Å²) >= 11 is 0. The summed E-state index contributed by atoms with van der Waals surface area (Å²) in [5.41, 5.74) is 4.07. The summed E-state index contributed by atoms with van der Waals surface area (Å²) in [6, 6.07) is 7.35. The van der Waals surface area contributed by atoms with Gasteiger partial charge in [0.25, 0.3) is 0 Å². The number of Topliss-reactive ketones (excluding diaryl/α,β-unsaturated/α-hetero) is 2. The van der Waals surface area contributed by atoms with Gasteiger partial charge >= 0.3 is 0 Å². The Labute approximate surface area is 152 Å². The minimum absolute atomic E-state index is 0.00416. The van der Waals surface area contributed by atoms with E-state index in [4.69, 9.17) is 0 Å². The molecule has 5 rings (SSSR count). The van der Waals surface area contributed by atoms with Crippen molar-refractivity contribution in [3.05, 3.63) is 76.9 Å². The van der Waals surface area contributed by atoms with Crippen LogP contribution in [0.1, 0.15) is 16.8 Å². The Hall–Kier alpha value is -2.72. The van der Waals surface area contributed by atoms with Crippen LogP contribution in [-0.4, -0.2) is 48.7 Å². The van der Waals surface area contributed by atoms with Gasteiger partial charge in [-0.2, -0.15) is 0 Å². The highest BCUT2D eigenvalue weighted by Gasteiger charge is 2.44. The van der Waals surface area contributed by atoms with Gasteiger partial charge < -0.3 is 4.90 Å². The normalized spacial score (nSPS) is 29.8. The summed E-state index contributed by atoms with van der Waals surface area (Å²) < 4.78 is 0. The molecule has 0 spiro atoms. The van der Waals surface area contributed by atoms with E-state index in [1.54, 1.807) is 0 Å². The van der Waals surface area contributed by atoms with Gasteiger partial charge in [0.05, 0.1) is 18.1 Å². The lowest BCUT2D eigenvalue weighted by molar-refractivity contribution is -0.114. The molecule has 0 aromatic heterocycles. The Morgan fingerprint density at radius 2 is 1.62 bits per heavy atom. The molecular formula is C22H20N2O2. The van der Waals surface area contributed by atoms with Crippen LogP contribution in [0.3, 0.4) is 0 Å². The predicted molar refractivity (Wildman–Crippen MR) is 101 cm³/mol. The molecule has 1 aromatic carbocycles. The molecule has 0 bridgehead atoms. The number of piperidine rings is 1. The lowest BCUT2D eigenvalue weighted by atomic mass is 9.76. The van der Waals surface area contributed by atoms with Gasteiger partial charge in [-0.05, 0) is 31.7 Å². The van der Waals surface area contributed by atoms with Crippen LogP contribution in [0.15, 0.2) is 71.4 Å². The minimum atomic E-state index is -0.183. The van der Waals surface area contributed by atoms with Crippen LogP contribution < -0.4 is 4.90 Å². The number of likely N-dealkylation sites (tertiary alicyclic amines) is 1. The van der Waals surface area contributed by atoms with Gasteiger partial charge in [-0.25, -0.2) is 0 Å². The first-order chi connectivity index (χ1) is 12.6. The zero-order valence-electron chi connectivity index (χ0n) is 14.8. The van der Waals surface area contributed by atoms with Crippen molar-refractivity contribution in [2.24, 2.45) is 0 Å². The van der Waals surface area contributed by atoms with Crippen LogP contribution in [0.2, 0.25) is 0 Å². The maximum Gasteiger partial charge on any atom is 0.193 e. The molecule has 1 fully saturated rings. The van der Waals surface area contributed by atoms with Gasteiger partial charge in [-0.15, -0.1) is 0 Å². The van der Waals surface area contributed by atoms with Crippen LogP contribution >= 0.6 is 0 Å². The van der Waals surface area contributed by atoms with E-state index in [1.165, 1.54) is 0 Å². The molecule has 0 radical (unpaired) electrons. The van der Waals surface area contributed by atoms with Crippen LogP contribution in [0, 0.1) is 0 Å². The van der Waals surface area contributed by atoms with Crippen molar-refractivity contribution < 1.29 is 9.59 Å². The second kappa shape index (κ2) is 5.39. The van der Waals surface area contributed by atoms with Crippen molar-refractivity contribution in [3.8, 4) is 0 Å². The number of hydrogen-bond donors (Lipinski definition) is 0. The van der Waals surface area contributed by atoms with Crippen molar-refractivity contribution in [2.75, 3.05) is 19.0 Å². The fraction of sp³-hybridized carbons (Fsp3) is 0.273. The maximum atomic E-state index is 13.1. The number of carbonyl (C=O) groups is 2. The molecule has 1 saturated heterocycles. The summed E-state index contributed by atoms with van der Waals surface area (Å²) in [5.74, 6) is 0.192. The zero-order valence-corrected chi connectivity index (χ0v) is 14.8. The second-order valence-electron chi connectivity index (χ2n) is 7.35. The third-order valence-corrected chi connectivity index (χ3v) is 6.03. The van der Waals surface area contributed by atoms with Gasteiger partial charge in [0.2, 0.25) is 0 Å². The van der Waals surface area contributed by atoms with Crippen molar-refractivity contribution in [1.29, 1.82) is 0 Å². The topological polar surface area (TPSA) is 40.6 Å². The Morgan fingerprint density at radius 3 is 2.46 bits per heavy atom. The summed E-state index contributed by atoms with van der Waals surface area (Å²) in [7, 11) is 4.02. The number of rotatable bonds is 0. The summed E-state index contributed by atoms with van der Waals surface area (Å²) in [5, 5.41) is 0. The Morgan fingerprint density at radius 1 is 0.885 bits per heavy atom. The number of allylic oxidation sites excluding steroid dienone is 2. The summed E-state index contributed by atoms with van der Waals surface area (Å²) in [4.78, 5) is 30.5. The molecule has 2 heterocycles. The Kier molecular flexibility index (Phi) is 3.22. The van der Waals surface area contributed by atoms with Gasteiger partial charge in [-0.3, -0.25) is 14.5 Å². The molecule has 130 valence electrons. The predicted octanol–water partition coefficient (Wildman–Crippen LogP) is 2.69. The van der Waals surface area contributed by atoms with Gasteiger partial charge in [0.1, 0.15) is 0 Å². The average molecular weight is 344 g/mol. The zero-order chi connectivity index (χ0) is 18.0. The van der Waals surface area contributed by atoms with Crippen LogP contribution in [0.5, 0.6) is 0 Å². The number of ketones is 2. The highest BCUT2D eigenvalue weighted by Crippen LogP contribution is 2.40. The Bertz CT molecular complexity index is 966. The fourth-order valence-corrected chi connectivity index (χ4v) is 4.62. The second-order valence-corrected chi connectivity index (χ2v) is 7.35. The number of fused-ring (bicyclic) bond motifs is 4. The lowest BCUT2D eigenvalue weighted by Crippen LogP contribution is -2.53. The number of benzene rings is 1. The number of nitrogens with zero attached hydrogens (tertiary/aromatic N) is 2. The number of hydrogen-bond acceptors (Lipinski definition) is 4. The standard InChI is InChI=1S/C22H20N2O2/c1-23-17-9-5-3-7-13(17)21(25)15-12-20-16(11-19(15)23)22(26)14-8-4-6-10-18(14)24(20)2/h3,5-12,18-20H,4H2,1-2H3. The molecule has 4 heteroatoms. The third-order valence-electron chi connectivity index (χ3n) is 6.03. The van der Waals surface area contributed by atoms with E-state index in [0.29, 0.717) is 0 Å².